The molecule has 4 aromatic rings. The number of rotatable bonds is 10. The third kappa shape index (κ3) is 5.04. The lowest BCUT2D eigenvalue weighted by molar-refractivity contribution is -0.132. The SMILES string of the molecule is CCCCCOc1ccc(/C(O)=C2\C(=O)C(=O)N(c3nc4ccc(OCC)cc4s3)C2c2cccs2)cc1. The van der Waals surface area contributed by atoms with Crippen molar-refractivity contribution in [2.45, 2.75) is 39.2 Å². The number of thiazole rings is 1. The quantitative estimate of drug-likeness (QED) is 0.0998. The molecule has 1 atom stereocenters. The van der Waals surface area contributed by atoms with E-state index >= 15 is 0 Å². The van der Waals surface area contributed by atoms with Crippen molar-refractivity contribution in [1.82, 2.24) is 4.98 Å². The predicted molar refractivity (Wildman–Crippen MR) is 151 cm³/mol. The van der Waals surface area contributed by atoms with E-state index in [9.17, 15) is 14.7 Å². The summed E-state index contributed by atoms with van der Waals surface area (Å²) in [6, 6.07) is 15.4. The molecule has 1 fully saturated rings. The molecular weight excluding hydrogens is 520 g/mol. The van der Waals surface area contributed by atoms with Crippen molar-refractivity contribution in [3.05, 3.63) is 76.0 Å². The number of benzene rings is 2. The fourth-order valence-electron chi connectivity index (χ4n) is 4.40. The van der Waals surface area contributed by atoms with E-state index < -0.39 is 17.7 Å². The number of Topliss-reactive ketones (excluding diaryl/α,β-unsaturated/α-hetero) is 1. The van der Waals surface area contributed by atoms with Crippen molar-refractivity contribution in [2.75, 3.05) is 18.1 Å². The fourth-order valence-corrected chi connectivity index (χ4v) is 6.25. The molecule has 5 rings (SSSR count). The van der Waals surface area contributed by atoms with Gasteiger partial charge in [-0.05, 0) is 67.3 Å². The molecule has 0 spiro atoms. The van der Waals surface area contributed by atoms with Gasteiger partial charge in [0.2, 0.25) is 0 Å². The summed E-state index contributed by atoms with van der Waals surface area (Å²) in [5.74, 6) is -0.278. The van der Waals surface area contributed by atoms with Crippen molar-refractivity contribution in [3.8, 4) is 11.5 Å². The Bertz CT molecular complexity index is 1470. The zero-order valence-electron chi connectivity index (χ0n) is 21.2. The van der Waals surface area contributed by atoms with Crippen molar-refractivity contribution < 1.29 is 24.2 Å². The van der Waals surface area contributed by atoms with E-state index in [0.29, 0.717) is 40.9 Å². The largest absolute Gasteiger partial charge is 0.507 e. The van der Waals surface area contributed by atoms with Crippen LogP contribution in [0.2, 0.25) is 0 Å². The maximum absolute atomic E-state index is 13.4. The highest BCUT2D eigenvalue weighted by molar-refractivity contribution is 7.22. The van der Waals surface area contributed by atoms with Crippen LogP contribution in [0.5, 0.6) is 11.5 Å². The Morgan fingerprint density at radius 3 is 2.53 bits per heavy atom. The number of hydrogen-bond donors (Lipinski definition) is 1. The molecule has 0 bridgehead atoms. The molecule has 38 heavy (non-hydrogen) atoms. The molecule has 0 saturated carbocycles. The van der Waals surface area contributed by atoms with Crippen LogP contribution in [0, 0.1) is 0 Å². The van der Waals surface area contributed by atoms with Gasteiger partial charge in [0.05, 0.1) is 29.0 Å². The van der Waals surface area contributed by atoms with Gasteiger partial charge in [-0.25, -0.2) is 4.98 Å². The number of fused-ring (bicyclic) bond motifs is 1. The Morgan fingerprint density at radius 2 is 1.82 bits per heavy atom. The molecule has 7 nitrogen and oxygen atoms in total. The van der Waals surface area contributed by atoms with E-state index in [4.69, 9.17) is 9.47 Å². The lowest BCUT2D eigenvalue weighted by Crippen LogP contribution is -2.28. The number of aliphatic hydroxyl groups is 1. The van der Waals surface area contributed by atoms with E-state index in [1.54, 1.807) is 24.3 Å². The van der Waals surface area contributed by atoms with E-state index in [0.717, 1.165) is 28.8 Å². The average Bonchev–Trinajstić information content (AvgIpc) is 3.65. The van der Waals surface area contributed by atoms with Gasteiger partial charge in [-0.2, -0.15) is 0 Å². The smallest absolute Gasteiger partial charge is 0.301 e. The molecule has 9 heteroatoms. The van der Waals surface area contributed by atoms with Crippen LogP contribution in [0.3, 0.4) is 0 Å². The van der Waals surface area contributed by atoms with Crippen molar-refractivity contribution in [2.24, 2.45) is 0 Å². The first-order valence-corrected chi connectivity index (χ1v) is 14.3. The van der Waals surface area contributed by atoms with Gasteiger partial charge in [0.25, 0.3) is 5.78 Å². The lowest BCUT2D eigenvalue weighted by Gasteiger charge is -2.21. The Balaban J connectivity index is 1.52. The average molecular weight is 549 g/mol. The maximum atomic E-state index is 13.4. The minimum atomic E-state index is -0.785. The Kier molecular flexibility index (Phi) is 7.76. The molecule has 1 N–H and O–H groups in total. The lowest BCUT2D eigenvalue weighted by atomic mass is 10.00. The third-order valence-electron chi connectivity index (χ3n) is 6.27. The summed E-state index contributed by atoms with van der Waals surface area (Å²) in [6.45, 7) is 5.21. The predicted octanol–water partition coefficient (Wildman–Crippen LogP) is 6.95. The van der Waals surface area contributed by atoms with E-state index in [1.807, 2.05) is 42.6 Å². The minimum Gasteiger partial charge on any atom is -0.507 e. The zero-order valence-corrected chi connectivity index (χ0v) is 22.8. The van der Waals surface area contributed by atoms with Crippen molar-refractivity contribution >= 4 is 55.5 Å². The highest BCUT2D eigenvalue weighted by Crippen LogP contribution is 2.45. The molecule has 0 radical (unpaired) electrons. The first-order valence-electron chi connectivity index (χ1n) is 12.6. The summed E-state index contributed by atoms with van der Waals surface area (Å²) < 4.78 is 12.2. The molecule has 3 heterocycles. The number of aromatic nitrogens is 1. The van der Waals surface area contributed by atoms with E-state index in [1.165, 1.54) is 27.6 Å². The van der Waals surface area contributed by atoms with Crippen LogP contribution in [0.15, 0.2) is 65.6 Å². The molecule has 1 amide bonds. The van der Waals surface area contributed by atoms with Crippen LogP contribution in [-0.2, 0) is 9.59 Å². The summed E-state index contributed by atoms with van der Waals surface area (Å²) in [5.41, 5.74) is 1.19. The number of carbonyl (C=O) groups is 2. The summed E-state index contributed by atoms with van der Waals surface area (Å²) in [4.78, 5) is 33.6. The van der Waals surface area contributed by atoms with Crippen LogP contribution >= 0.6 is 22.7 Å². The highest BCUT2D eigenvalue weighted by atomic mass is 32.1. The molecule has 1 unspecified atom stereocenters. The van der Waals surface area contributed by atoms with Crippen LogP contribution in [0.25, 0.3) is 16.0 Å². The van der Waals surface area contributed by atoms with E-state index in [-0.39, 0.29) is 11.3 Å². The number of anilines is 1. The fraction of sp³-hybridized carbons (Fsp3) is 0.276. The molecule has 2 aromatic carbocycles. The number of nitrogens with zero attached hydrogens (tertiary/aromatic N) is 2. The molecular formula is C29H28N2O5S2. The first-order chi connectivity index (χ1) is 18.5. The van der Waals surface area contributed by atoms with Crippen molar-refractivity contribution in [1.29, 1.82) is 0 Å². The maximum Gasteiger partial charge on any atom is 0.301 e. The normalized spacial score (nSPS) is 16.9. The number of amides is 1. The summed E-state index contributed by atoms with van der Waals surface area (Å²) in [6.07, 6.45) is 3.19. The first kappa shape index (κ1) is 25.9. The number of ketones is 1. The monoisotopic (exact) mass is 548 g/mol. The number of unbranched alkanes of at least 4 members (excludes halogenated alkanes) is 2. The number of aliphatic hydroxyl groups excluding tert-OH is 1. The number of ether oxygens (including phenoxy) is 2. The molecule has 196 valence electrons. The van der Waals surface area contributed by atoms with Crippen LogP contribution in [0.1, 0.15) is 49.6 Å². The summed E-state index contributed by atoms with van der Waals surface area (Å²) >= 11 is 2.73. The van der Waals surface area contributed by atoms with Gasteiger partial charge in [0.1, 0.15) is 23.3 Å². The number of thiophene rings is 1. The minimum absolute atomic E-state index is 0.0447. The zero-order chi connectivity index (χ0) is 26.6. The second kappa shape index (κ2) is 11.4. The van der Waals surface area contributed by atoms with Gasteiger partial charge in [-0.3, -0.25) is 14.5 Å². The molecule has 1 saturated heterocycles. The number of hydrogen-bond acceptors (Lipinski definition) is 8. The summed E-state index contributed by atoms with van der Waals surface area (Å²) in [5, 5.41) is 13.6. The Labute approximate surface area is 229 Å². The summed E-state index contributed by atoms with van der Waals surface area (Å²) in [7, 11) is 0. The van der Waals surface area contributed by atoms with E-state index in [2.05, 4.69) is 11.9 Å². The standard InChI is InChI=1S/C29H28N2O5S2/c1-3-5-6-15-36-19-11-9-18(10-12-19)26(32)24-25(22-8-7-16-37-22)31(28(34)27(24)33)29-30-21-14-13-20(35-4-2)17-23(21)38-29/h7-14,16-17,25,32H,3-6,15H2,1-2H3/b26-24+. The molecule has 0 aliphatic carbocycles. The second-order valence-electron chi connectivity index (χ2n) is 8.82. The van der Waals surface area contributed by atoms with Gasteiger partial charge in [-0.15, -0.1) is 11.3 Å². The molecule has 1 aliphatic rings. The topological polar surface area (TPSA) is 89.0 Å². The second-order valence-corrected chi connectivity index (χ2v) is 10.8. The number of carbonyl (C=O) groups excluding carboxylic acids is 2. The van der Waals surface area contributed by atoms with Crippen LogP contribution < -0.4 is 14.4 Å². The van der Waals surface area contributed by atoms with Gasteiger partial charge >= 0.3 is 5.91 Å². The van der Waals surface area contributed by atoms with Crippen LogP contribution in [0.4, 0.5) is 5.13 Å². The Morgan fingerprint density at radius 1 is 1.03 bits per heavy atom. The molecule has 1 aliphatic heterocycles. The van der Waals surface area contributed by atoms with Gasteiger partial charge in [0.15, 0.2) is 5.13 Å². The third-order valence-corrected chi connectivity index (χ3v) is 8.21. The highest BCUT2D eigenvalue weighted by Gasteiger charge is 2.48. The Hall–Kier alpha value is -3.69. The van der Waals surface area contributed by atoms with Gasteiger partial charge < -0.3 is 14.6 Å². The van der Waals surface area contributed by atoms with Crippen LogP contribution in [-0.4, -0.2) is 35.0 Å². The van der Waals surface area contributed by atoms with Crippen molar-refractivity contribution in [3.63, 3.8) is 0 Å². The molecule has 2 aromatic heterocycles. The van der Waals surface area contributed by atoms with Gasteiger partial charge in [-0.1, -0.05) is 37.2 Å². The van der Waals surface area contributed by atoms with Gasteiger partial charge in [0, 0.05) is 10.4 Å².